The van der Waals surface area contributed by atoms with E-state index in [9.17, 15) is 14.4 Å². The molecule has 0 radical (unpaired) electrons. The Hall–Kier alpha value is -4.13. The van der Waals surface area contributed by atoms with Gasteiger partial charge in [-0.1, -0.05) is 55.3 Å². The molecular formula is C29H32N4O3. The fourth-order valence-corrected chi connectivity index (χ4v) is 4.19. The van der Waals surface area contributed by atoms with Crippen LogP contribution in [0.1, 0.15) is 57.5 Å². The smallest absolute Gasteiger partial charge is 0.322 e. The van der Waals surface area contributed by atoms with E-state index < -0.39 is 0 Å². The summed E-state index contributed by atoms with van der Waals surface area (Å²) < 4.78 is 0. The van der Waals surface area contributed by atoms with Gasteiger partial charge in [-0.3, -0.25) is 9.59 Å². The van der Waals surface area contributed by atoms with Crippen LogP contribution in [-0.2, 0) is 13.1 Å². The first kappa shape index (κ1) is 25.0. The number of amides is 4. The summed E-state index contributed by atoms with van der Waals surface area (Å²) in [7, 11) is 0. The van der Waals surface area contributed by atoms with Gasteiger partial charge in [0.05, 0.1) is 0 Å². The molecule has 3 N–H and O–H groups in total. The summed E-state index contributed by atoms with van der Waals surface area (Å²) >= 11 is 0. The lowest BCUT2D eigenvalue weighted by Crippen LogP contribution is -2.30. The molecule has 7 heteroatoms. The molecule has 0 saturated carbocycles. The van der Waals surface area contributed by atoms with Crippen LogP contribution in [0.3, 0.4) is 0 Å². The van der Waals surface area contributed by atoms with Crippen molar-refractivity contribution in [1.29, 1.82) is 0 Å². The third-order valence-electron chi connectivity index (χ3n) is 6.24. The lowest BCUT2D eigenvalue weighted by Gasteiger charge is -2.16. The SMILES string of the molecule is O=C(NCCCCCCNC(=O)c1ccc(NC(=O)N2Cc3ccccc3C2)cc1)c1ccccc1. The molecule has 1 aliphatic heterocycles. The fourth-order valence-electron chi connectivity index (χ4n) is 4.19. The molecule has 1 heterocycles. The summed E-state index contributed by atoms with van der Waals surface area (Å²) in [6.07, 6.45) is 3.75. The second-order valence-corrected chi connectivity index (χ2v) is 8.92. The maximum atomic E-state index is 12.6. The van der Waals surface area contributed by atoms with Crippen molar-refractivity contribution in [2.24, 2.45) is 0 Å². The Morgan fingerprint density at radius 1 is 0.611 bits per heavy atom. The number of nitrogens with zero attached hydrogens (tertiary/aromatic N) is 1. The number of hydrogen-bond acceptors (Lipinski definition) is 3. The molecule has 1 aliphatic rings. The highest BCUT2D eigenvalue weighted by Gasteiger charge is 2.22. The molecule has 0 saturated heterocycles. The van der Waals surface area contributed by atoms with E-state index in [0.29, 0.717) is 43.0 Å². The topological polar surface area (TPSA) is 90.5 Å². The number of unbranched alkanes of at least 4 members (excludes halogenated alkanes) is 3. The molecule has 36 heavy (non-hydrogen) atoms. The largest absolute Gasteiger partial charge is 0.352 e. The first-order valence-corrected chi connectivity index (χ1v) is 12.4. The second kappa shape index (κ2) is 12.5. The van der Waals surface area contributed by atoms with E-state index in [-0.39, 0.29) is 17.8 Å². The molecule has 7 nitrogen and oxygen atoms in total. The van der Waals surface area contributed by atoms with Crippen LogP contribution >= 0.6 is 0 Å². The minimum Gasteiger partial charge on any atom is -0.352 e. The molecule has 0 aliphatic carbocycles. The fraction of sp³-hybridized carbons (Fsp3) is 0.276. The van der Waals surface area contributed by atoms with Crippen molar-refractivity contribution in [2.75, 3.05) is 18.4 Å². The maximum Gasteiger partial charge on any atom is 0.322 e. The van der Waals surface area contributed by atoms with E-state index >= 15 is 0 Å². The summed E-state index contributed by atoms with van der Waals surface area (Å²) in [6.45, 7) is 2.45. The van der Waals surface area contributed by atoms with Gasteiger partial charge >= 0.3 is 6.03 Å². The van der Waals surface area contributed by atoms with Crippen molar-refractivity contribution in [3.63, 3.8) is 0 Å². The van der Waals surface area contributed by atoms with Crippen molar-refractivity contribution in [2.45, 2.75) is 38.8 Å². The zero-order chi connectivity index (χ0) is 25.2. The Balaban J connectivity index is 1.08. The molecule has 3 aromatic carbocycles. The number of urea groups is 1. The Morgan fingerprint density at radius 3 is 1.67 bits per heavy atom. The average Bonchev–Trinajstić information content (AvgIpc) is 3.35. The van der Waals surface area contributed by atoms with E-state index in [1.807, 2.05) is 42.5 Å². The summed E-state index contributed by atoms with van der Waals surface area (Å²) in [5.74, 6) is -0.173. The van der Waals surface area contributed by atoms with Gasteiger partial charge in [0.2, 0.25) is 0 Å². The van der Waals surface area contributed by atoms with Crippen molar-refractivity contribution in [1.82, 2.24) is 15.5 Å². The lowest BCUT2D eigenvalue weighted by molar-refractivity contribution is 0.0943. The number of carbonyl (C=O) groups excluding carboxylic acids is 3. The molecule has 3 aromatic rings. The molecule has 186 valence electrons. The number of nitrogens with one attached hydrogen (secondary N) is 3. The van der Waals surface area contributed by atoms with Gasteiger partial charge in [0, 0.05) is 43.0 Å². The Morgan fingerprint density at radius 2 is 1.11 bits per heavy atom. The van der Waals surface area contributed by atoms with Gasteiger partial charge < -0.3 is 20.9 Å². The summed E-state index contributed by atoms with van der Waals surface area (Å²) in [5, 5.41) is 8.78. The molecule has 0 aromatic heterocycles. The first-order valence-electron chi connectivity index (χ1n) is 12.4. The number of benzene rings is 3. The van der Waals surface area contributed by atoms with Crippen molar-refractivity contribution in [3.8, 4) is 0 Å². The molecule has 0 unspecified atom stereocenters. The third-order valence-corrected chi connectivity index (χ3v) is 6.24. The molecule has 4 amide bonds. The van der Waals surface area contributed by atoms with Crippen molar-refractivity contribution in [3.05, 3.63) is 101 Å². The monoisotopic (exact) mass is 484 g/mol. The second-order valence-electron chi connectivity index (χ2n) is 8.92. The van der Waals surface area contributed by atoms with Crippen molar-refractivity contribution < 1.29 is 14.4 Å². The van der Waals surface area contributed by atoms with Gasteiger partial charge in [-0.2, -0.15) is 0 Å². The number of fused-ring (bicyclic) bond motifs is 1. The molecule has 0 atom stereocenters. The Labute approximate surface area is 211 Å². The molecule has 0 bridgehead atoms. The van der Waals surface area contributed by atoms with E-state index in [2.05, 4.69) is 16.0 Å². The minimum atomic E-state index is -0.150. The van der Waals surface area contributed by atoms with E-state index in [1.165, 1.54) is 11.1 Å². The van der Waals surface area contributed by atoms with Crippen molar-refractivity contribution >= 4 is 23.5 Å². The van der Waals surface area contributed by atoms with Gasteiger partial charge in [-0.05, 0) is 60.4 Å². The molecule has 0 spiro atoms. The van der Waals surface area contributed by atoms with Crippen LogP contribution < -0.4 is 16.0 Å². The lowest BCUT2D eigenvalue weighted by atomic mass is 10.1. The quantitative estimate of drug-likeness (QED) is 0.356. The average molecular weight is 485 g/mol. The summed E-state index contributed by atoms with van der Waals surface area (Å²) in [6, 6.07) is 24.0. The van der Waals surface area contributed by atoms with E-state index in [0.717, 1.165) is 25.7 Å². The minimum absolute atomic E-state index is 0.0462. The summed E-state index contributed by atoms with van der Waals surface area (Å²) in [5.41, 5.74) is 4.24. The predicted molar refractivity (Wildman–Crippen MR) is 141 cm³/mol. The molecule has 4 rings (SSSR count). The van der Waals surface area contributed by atoms with Gasteiger partial charge in [0.25, 0.3) is 11.8 Å². The van der Waals surface area contributed by atoms with Gasteiger partial charge in [0.15, 0.2) is 0 Å². The number of rotatable bonds is 10. The highest BCUT2D eigenvalue weighted by Crippen LogP contribution is 2.23. The van der Waals surface area contributed by atoms with Gasteiger partial charge in [-0.15, -0.1) is 0 Å². The Bertz CT molecular complexity index is 1150. The van der Waals surface area contributed by atoms with E-state index in [1.54, 1.807) is 41.3 Å². The van der Waals surface area contributed by atoms with Gasteiger partial charge in [0.1, 0.15) is 0 Å². The molecule has 0 fully saturated rings. The van der Waals surface area contributed by atoms with Crippen LogP contribution in [-0.4, -0.2) is 35.8 Å². The van der Waals surface area contributed by atoms with E-state index in [4.69, 9.17) is 0 Å². The number of hydrogen-bond donors (Lipinski definition) is 3. The van der Waals surface area contributed by atoms with Crippen LogP contribution in [0.2, 0.25) is 0 Å². The molecular weight excluding hydrogens is 452 g/mol. The highest BCUT2D eigenvalue weighted by atomic mass is 16.2. The highest BCUT2D eigenvalue weighted by molar-refractivity contribution is 5.95. The van der Waals surface area contributed by atoms with Crippen LogP contribution in [0.5, 0.6) is 0 Å². The summed E-state index contributed by atoms with van der Waals surface area (Å²) in [4.78, 5) is 38.7. The van der Waals surface area contributed by atoms with Gasteiger partial charge in [-0.25, -0.2) is 4.79 Å². The van der Waals surface area contributed by atoms with Crippen LogP contribution in [0, 0.1) is 0 Å². The third kappa shape index (κ3) is 6.95. The number of anilines is 1. The predicted octanol–water partition coefficient (Wildman–Crippen LogP) is 4.95. The first-order chi connectivity index (χ1) is 17.6. The van der Waals surface area contributed by atoms with Crippen LogP contribution in [0.15, 0.2) is 78.9 Å². The standard InChI is InChI=1S/C29H32N4O3/c34-27(22-10-4-3-5-11-22)30-18-8-1-2-9-19-31-28(35)23-14-16-26(17-15-23)32-29(36)33-20-24-12-6-7-13-25(24)21-33/h3-7,10-17H,1-2,8-9,18-21H2,(H,30,34)(H,31,35)(H,32,36). The zero-order valence-electron chi connectivity index (χ0n) is 20.3. The Kier molecular flexibility index (Phi) is 8.70. The van der Waals surface area contributed by atoms with Crippen LogP contribution in [0.25, 0.3) is 0 Å². The normalized spacial score (nSPS) is 12.1. The van der Waals surface area contributed by atoms with Crippen LogP contribution in [0.4, 0.5) is 10.5 Å². The number of carbonyl (C=O) groups is 3. The maximum absolute atomic E-state index is 12.6. The zero-order valence-corrected chi connectivity index (χ0v) is 20.3.